The number of hydrogen-bond donors (Lipinski definition) is 0. The van der Waals surface area contributed by atoms with Crippen molar-refractivity contribution < 1.29 is 4.74 Å². The summed E-state index contributed by atoms with van der Waals surface area (Å²) in [5.41, 5.74) is 0.891. The van der Waals surface area contributed by atoms with Crippen LogP contribution in [-0.4, -0.2) is 13.3 Å². The Kier molecular flexibility index (Phi) is 5.94. The third kappa shape index (κ3) is 5.23. The summed E-state index contributed by atoms with van der Waals surface area (Å²) >= 11 is 0. The number of ether oxygens (including phenoxy) is 1. The van der Waals surface area contributed by atoms with E-state index in [0.29, 0.717) is 5.92 Å². The molecule has 0 aliphatic heterocycles. The Morgan fingerprint density at radius 2 is 2.15 bits per heavy atom. The molecule has 0 aromatic rings. The van der Waals surface area contributed by atoms with Gasteiger partial charge in [-0.3, -0.25) is 4.99 Å². The van der Waals surface area contributed by atoms with Gasteiger partial charge < -0.3 is 4.74 Å². The van der Waals surface area contributed by atoms with Crippen LogP contribution in [0.25, 0.3) is 0 Å². The lowest BCUT2D eigenvalue weighted by atomic mass is 10.2. The van der Waals surface area contributed by atoms with E-state index in [2.05, 4.69) is 25.4 Å². The third-order valence-corrected chi connectivity index (χ3v) is 1.78. The maximum absolute atomic E-state index is 5.08. The van der Waals surface area contributed by atoms with E-state index in [4.69, 9.17) is 4.74 Å². The SMILES string of the molecule is C=C(/N=C\C=C(/CC)OC)C(C)C. The maximum Gasteiger partial charge on any atom is 0.0968 e. The molecule has 0 aliphatic rings. The molecule has 0 N–H and O–H groups in total. The minimum atomic E-state index is 0.400. The molecule has 0 heterocycles. The van der Waals surface area contributed by atoms with Crippen LogP contribution >= 0.6 is 0 Å². The van der Waals surface area contributed by atoms with Crippen LogP contribution in [-0.2, 0) is 4.74 Å². The molecule has 74 valence electrons. The first-order chi connectivity index (χ1) is 6.11. The molecule has 0 aliphatic carbocycles. The van der Waals surface area contributed by atoms with Gasteiger partial charge in [0.25, 0.3) is 0 Å². The third-order valence-electron chi connectivity index (χ3n) is 1.78. The summed E-state index contributed by atoms with van der Waals surface area (Å²) in [7, 11) is 1.67. The Hall–Kier alpha value is -1.05. The van der Waals surface area contributed by atoms with Gasteiger partial charge in [0.1, 0.15) is 0 Å². The van der Waals surface area contributed by atoms with Crippen LogP contribution < -0.4 is 0 Å². The molecule has 0 atom stereocenters. The zero-order valence-corrected chi connectivity index (χ0v) is 9.00. The van der Waals surface area contributed by atoms with Crippen LogP contribution in [0.2, 0.25) is 0 Å². The maximum atomic E-state index is 5.08. The van der Waals surface area contributed by atoms with Crippen molar-refractivity contribution in [2.45, 2.75) is 27.2 Å². The molecular formula is C11H19NO. The number of aliphatic imine (C=N–C) groups is 1. The van der Waals surface area contributed by atoms with Crippen LogP contribution in [0.3, 0.4) is 0 Å². The van der Waals surface area contributed by atoms with Gasteiger partial charge in [0.05, 0.1) is 12.9 Å². The molecule has 0 radical (unpaired) electrons. The number of methoxy groups -OCH3 is 1. The summed E-state index contributed by atoms with van der Waals surface area (Å²) in [4.78, 5) is 4.18. The molecule has 2 heteroatoms. The van der Waals surface area contributed by atoms with E-state index < -0.39 is 0 Å². The highest BCUT2D eigenvalue weighted by atomic mass is 16.5. The normalized spacial score (nSPS) is 12.5. The first-order valence-corrected chi connectivity index (χ1v) is 4.57. The van der Waals surface area contributed by atoms with Gasteiger partial charge in [0.15, 0.2) is 0 Å². The van der Waals surface area contributed by atoms with Gasteiger partial charge in [0, 0.05) is 18.3 Å². The van der Waals surface area contributed by atoms with Gasteiger partial charge in [-0.1, -0.05) is 27.4 Å². The van der Waals surface area contributed by atoms with E-state index in [0.717, 1.165) is 17.9 Å². The van der Waals surface area contributed by atoms with Gasteiger partial charge in [-0.15, -0.1) is 0 Å². The Morgan fingerprint density at radius 3 is 2.54 bits per heavy atom. The molecule has 0 fully saturated rings. The van der Waals surface area contributed by atoms with E-state index in [1.54, 1.807) is 13.3 Å². The van der Waals surface area contributed by atoms with Crippen molar-refractivity contribution in [3.05, 3.63) is 24.1 Å². The minimum absolute atomic E-state index is 0.400. The fourth-order valence-electron chi connectivity index (χ4n) is 0.695. The zero-order chi connectivity index (χ0) is 10.3. The Balaban J connectivity index is 4.12. The number of allylic oxidation sites excluding steroid dienone is 3. The average Bonchev–Trinajstić information content (AvgIpc) is 2.12. The number of rotatable bonds is 5. The van der Waals surface area contributed by atoms with E-state index in [9.17, 15) is 0 Å². The van der Waals surface area contributed by atoms with Gasteiger partial charge in [-0.2, -0.15) is 0 Å². The number of nitrogens with zero attached hydrogens (tertiary/aromatic N) is 1. The van der Waals surface area contributed by atoms with Gasteiger partial charge >= 0.3 is 0 Å². The molecule has 2 nitrogen and oxygen atoms in total. The summed E-state index contributed by atoms with van der Waals surface area (Å²) in [6.07, 6.45) is 4.49. The molecule has 0 unspecified atom stereocenters. The quantitative estimate of drug-likeness (QED) is 0.471. The van der Waals surface area contributed by atoms with Crippen molar-refractivity contribution in [3.63, 3.8) is 0 Å². The number of hydrogen-bond acceptors (Lipinski definition) is 2. The van der Waals surface area contributed by atoms with Crippen LogP contribution in [0.4, 0.5) is 0 Å². The monoisotopic (exact) mass is 181 g/mol. The van der Waals surface area contributed by atoms with Crippen molar-refractivity contribution in [1.29, 1.82) is 0 Å². The second-order valence-corrected chi connectivity index (χ2v) is 3.11. The predicted molar refractivity (Wildman–Crippen MR) is 57.9 cm³/mol. The van der Waals surface area contributed by atoms with Crippen molar-refractivity contribution in [3.8, 4) is 0 Å². The highest BCUT2D eigenvalue weighted by Crippen LogP contribution is 2.07. The fraction of sp³-hybridized carbons (Fsp3) is 0.545. The van der Waals surface area contributed by atoms with Crippen molar-refractivity contribution in [1.82, 2.24) is 0 Å². The van der Waals surface area contributed by atoms with Crippen LogP contribution in [0.5, 0.6) is 0 Å². The fourth-order valence-corrected chi connectivity index (χ4v) is 0.695. The second kappa shape index (κ2) is 6.46. The predicted octanol–water partition coefficient (Wildman–Crippen LogP) is 3.17. The van der Waals surface area contributed by atoms with Crippen LogP contribution in [0.1, 0.15) is 27.2 Å². The summed E-state index contributed by atoms with van der Waals surface area (Å²) in [5.74, 6) is 1.33. The van der Waals surface area contributed by atoms with Crippen molar-refractivity contribution in [2.24, 2.45) is 10.9 Å². The van der Waals surface area contributed by atoms with Gasteiger partial charge in [-0.25, -0.2) is 0 Å². The van der Waals surface area contributed by atoms with E-state index >= 15 is 0 Å². The first-order valence-electron chi connectivity index (χ1n) is 4.57. The Labute approximate surface area is 81.0 Å². The second-order valence-electron chi connectivity index (χ2n) is 3.11. The van der Waals surface area contributed by atoms with Crippen LogP contribution in [0, 0.1) is 5.92 Å². The molecule has 0 aromatic carbocycles. The van der Waals surface area contributed by atoms with E-state index in [-0.39, 0.29) is 0 Å². The van der Waals surface area contributed by atoms with Gasteiger partial charge in [0.2, 0.25) is 0 Å². The lowest BCUT2D eigenvalue weighted by Crippen LogP contribution is -1.89. The molecule has 0 aromatic heterocycles. The smallest absolute Gasteiger partial charge is 0.0968 e. The highest BCUT2D eigenvalue weighted by molar-refractivity contribution is 5.72. The molecular weight excluding hydrogens is 162 g/mol. The van der Waals surface area contributed by atoms with E-state index in [1.165, 1.54) is 0 Å². The molecule has 0 saturated heterocycles. The topological polar surface area (TPSA) is 21.6 Å². The zero-order valence-electron chi connectivity index (χ0n) is 9.00. The Bertz CT molecular complexity index is 208. The van der Waals surface area contributed by atoms with Crippen molar-refractivity contribution >= 4 is 6.21 Å². The molecule has 0 rings (SSSR count). The summed E-state index contributed by atoms with van der Waals surface area (Å²) in [5, 5.41) is 0. The highest BCUT2D eigenvalue weighted by Gasteiger charge is 1.94. The molecule has 13 heavy (non-hydrogen) atoms. The van der Waals surface area contributed by atoms with Crippen LogP contribution in [0.15, 0.2) is 29.1 Å². The standard InChI is InChI=1S/C11H19NO/c1-6-11(13-5)7-8-12-10(4)9(2)3/h7-9H,4,6H2,1-3,5H3/b11-7+,12-8-. The van der Waals surface area contributed by atoms with E-state index in [1.807, 2.05) is 13.0 Å². The van der Waals surface area contributed by atoms with Crippen molar-refractivity contribution in [2.75, 3.05) is 7.11 Å². The molecule has 0 spiro atoms. The lowest BCUT2D eigenvalue weighted by molar-refractivity contribution is 0.281. The molecule has 0 bridgehead atoms. The summed E-state index contributed by atoms with van der Waals surface area (Å²) < 4.78 is 5.08. The minimum Gasteiger partial charge on any atom is -0.501 e. The Morgan fingerprint density at radius 1 is 1.54 bits per heavy atom. The largest absolute Gasteiger partial charge is 0.501 e. The van der Waals surface area contributed by atoms with Gasteiger partial charge in [-0.05, 0) is 12.0 Å². The average molecular weight is 181 g/mol. The molecule has 0 saturated carbocycles. The molecule has 0 amide bonds. The lowest BCUT2D eigenvalue weighted by Gasteiger charge is -2.02. The summed E-state index contributed by atoms with van der Waals surface area (Å²) in [6.45, 7) is 10.0. The summed E-state index contributed by atoms with van der Waals surface area (Å²) in [6, 6.07) is 0. The first kappa shape index (κ1) is 11.9.